The van der Waals surface area contributed by atoms with Gasteiger partial charge < -0.3 is 10.1 Å². The third-order valence-electron chi connectivity index (χ3n) is 2.04. The van der Waals surface area contributed by atoms with Crippen LogP contribution in [0.5, 0.6) is 0 Å². The highest BCUT2D eigenvalue weighted by molar-refractivity contribution is 9.10. The van der Waals surface area contributed by atoms with Gasteiger partial charge in [-0.1, -0.05) is 28.1 Å². The quantitative estimate of drug-likeness (QED) is 0.494. The molecule has 0 unspecified atom stereocenters. The van der Waals surface area contributed by atoms with Crippen LogP contribution in [0.1, 0.15) is 12.5 Å². The van der Waals surface area contributed by atoms with Gasteiger partial charge in [-0.25, -0.2) is 0 Å². The molecule has 0 saturated heterocycles. The largest absolute Gasteiger partial charge is 0.383 e. The first-order valence-corrected chi connectivity index (χ1v) is 6.66. The molecule has 1 aromatic rings. The monoisotopic (exact) mass is 329 g/mol. The highest BCUT2D eigenvalue weighted by atomic mass is 79.9. The van der Waals surface area contributed by atoms with Crippen molar-refractivity contribution in [2.75, 3.05) is 13.7 Å². The molecule has 0 aliphatic carbocycles. The van der Waals surface area contributed by atoms with E-state index in [1.165, 1.54) is 0 Å². The van der Waals surface area contributed by atoms with Gasteiger partial charge in [0.1, 0.15) is 0 Å². The summed E-state index contributed by atoms with van der Waals surface area (Å²) in [5.74, 6) is 0. The molecule has 1 aromatic carbocycles. The van der Waals surface area contributed by atoms with Crippen LogP contribution in [-0.4, -0.2) is 31.1 Å². The molecule has 0 aliphatic rings. The molecule has 98 valence electrons. The molecule has 1 rings (SSSR count). The summed E-state index contributed by atoms with van der Waals surface area (Å²) in [5, 5.41) is 7.58. The minimum atomic E-state index is 0.151. The molecule has 0 amide bonds. The maximum Gasteiger partial charge on any atom is 0.187 e. The Bertz CT molecular complexity index is 408. The van der Waals surface area contributed by atoms with E-state index in [0.717, 1.165) is 10.0 Å². The molecule has 0 saturated carbocycles. The van der Waals surface area contributed by atoms with E-state index in [9.17, 15) is 0 Å². The first kappa shape index (κ1) is 15.1. The number of hydrogen-bond acceptors (Lipinski definition) is 3. The fraction of sp³-hybridized carbons (Fsp3) is 0.333. The van der Waals surface area contributed by atoms with E-state index in [1.54, 1.807) is 13.3 Å². The normalized spacial score (nSPS) is 12.4. The van der Waals surface area contributed by atoms with Crippen molar-refractivity contribution in [2.45, 2.75) is 13.0 Å². The third-order valence-corrected chi connectivity index (χ3v) is 2.78. The van der Waals surface area contributed by atoms with Gasteiger partial charge in [-0.3, -0.25) is 5.43 Å². The van der Waals surface area contributed by atoms with Crippen LogP contribution in [0.3, 0.4) is 0 Å². The van der Waals surface area contributed by atoms with Crippen molar-refractivity contribution in [1.29, 1.82) is 0 Å². The van der Waals surface area contributed by atoms with Crippen LogP contribution >= 0.6 is 28.1 Å². The minimum absolute atomic E-state index is 0.151. The Hall–Kier alpha value is -0.980. The van der Waals surface area contributed by atoms with Crippen molar-refractivity contribution in [1.82, 2.24) is 10.7 Å². The van der Waals surface area contributed by atoms with Crippen molar-refractivity contribution >= 4 is 39.5 Å². The minimum Gasteiger partial charge on any atom is -0.383 e. The van der Waals surface area contributed by atoms with E-state index in [0.29, 0.717) is 11.7 Å². The summed E-state index contributed by atoms with van der Waals surface area (Å²) in [6.07, 6.45) is 1.71. The van der Waals surface area contributed by atoms with Crippen LogP contribution in [-0.2, 0) is 4.74 Å². The second kappa shape index (κ2) is 8.18. The maximum absolute atomic E-state index is 5.08. The average Bonchev–Trinajstić information content (AvgIpc) is 2.32. The maximum atomic E-state index is 5.08. The highest BCUT2D eigenvalue weighted by Gasteiger charge is 2.01. The summed E-state index contributed by atoms with van der Waals surface area (Å²) in [6.45, 7) is 2.58. The summed E-state index contributed by atoms with van der Waals surface area (Å²) >= 11 is 8.46. The third kappa shape index (κ3) is 6.09. The number of hydrogen-bond donors (Lipinski definition) is 2. The average molecular weight is 330 g/mol. The molecule has 0 heterocycles. The summed E-state index contributed by atoms with van der Waals surface area (Å²) < 4.78 is 6.04. The molecule has 1 atom stereocenters. The molecule has 0 spiro atoms. The van der Waals surface area contributed by atoms with E-state index >= 15 is 0 Å². The summed E-state index contributed by atoms with van der Waals surface area (Å²) in [4.78, 5) is 0. The van der Waals surface area contributed by atoms with Crippen LogP contribution in [0.25, 0.3) is 0 Å². The summed E-state index contributed by atoms with van der Waals surface area (Å²) in [5.41, 5.74) is 3.76. The number of nitrogens with one attached hydrogen (secondary N) is 2. The Balaban J connectivity index is 2.35. The predicted molar refractivity (Wildman–Crippen MR) is 81.9 cm³/mol. The number of thiocarbonyl (C=S) groups is 1. The van der Waals surface area contributed by atoms with Gasteiger partial charge in [-0.2, -0.15) is 5.10 Å². The molecular formula is C12H16BrN3OS. The van der Waals surface area contributed by atoms with Gasteiger partial charge in [0.2, 0.25) is 0 Å². The molecule has 0 bridgehead atoms. The lowest BCUT2D eigenvalue weighted by atomic mass is 10.2. The van der Waals surface area contributed by atoms with Crippen molar-refractivity contribution in [2.24, 2.45) is 5.10 Å². The van der Waals surface area contributed by atoms with Crippen LogP contribution in [0.4, 0.5) is 0 Å². The Morgan fingerprint density at radius 1 is 1.50 bits per heavy atom. The van der Waals surface area contributed by atoms with E-state index in [-0.39, 0.29) is 6.04 Å². The molecule has 6 heteroatoms. The molecule has 0 aliphatic heterocycles. The second-order valence-corrected chi connectivity index (χ2v) is 5.08. The van der Waals surface area contributed by atoms with E-state index in [2.05, 4.69) is 31.8 Å². The van der Waals surface area contributed by atoms with Crippen LogP contribution < -0.4 is 10.7 Å². The molecule has 0 aromatic heterocycles. The Labute approximate surface area is 121 Å². The van der Waals surface area contributed by atoms with Crippen molar-refractivity contribution < 1.29 is 4.74 Å². The predicted octanol–water partition coefficient (Wildman–Crippen LogP) is 2.28. The number of methoxy groups -OCH3 is 1. The zero-order valence-corrected chi connectivity index (χ0v) is 12.7. The van der Waals surface area contributed by atoms with E-state index in [4.69, 9.17) is 17.0 Å². The lowest BCUT2D eigenvalue weighted by Crippen LogP contribution is -2.40. The molecule has 18 heavy (non-hydrogen) atoms. The van der Waals surface area contributed by atoms with E-state index < -0.39 is 0 Å². The topological polar surface area (TPSA) is 45.6 Å². The lowest BCUT2D eigenvalue weighted by Gasteiger charge is -2.13. The summed E-state index contributed by atoms with van der Waals surface area (Å²) in [6, 6.07) is 7.98. The number of halogens is 1. The van der Waals surface area contributed by atoms with Crippen LogP contribution in [0, 0.1) is 0 Å². The fourth-order valence-electron chi connectivity index (χ4n) is 1.26. The van der Waals surface area contributed by atoms with Crippen molar-refractivity contribution in [3.63, 3.8) is 0 Å². The van der Waals surface area contributed by atoms with Gasteiger partial charge in [0, 0.05) is 17.6 Å². The zero-order chi connectivity index (χ0) is 13.4. The van der Waals surface area contributed by atoms with Crippen molar-refractivity contribution in [3.8, 4) is 0 Å². The van der Waals surface area contributed by atoms with Gasteiger partial charge in [0.05, 0.1) is 12.8 Å². The van der Waals surface area contributed by atoms with Crippen LogP contribution in [0.15, 0.2) is 33.8 Å². The molecule has 2 N–H and O–H groups in total. The first-order valence-electron chi connectivity index (χ1n) is 5.46. The first-order chi connectivity index (χ1) is 8.61. The van der Waals surface area contributed by atoms with Crippen LogP contribution in [0.2, 0.25) is 0 Å². The Kier molecular flexibility index (Phi) is 6.85. The Morgan fingerprint density at radius 3 is 2.78 bits per heavy atom. The SMILES string of the molecule is COC[C@@H](C)NC(=S)N/N=C\c1ccc(Br)cc1. The Morgan fingerprint density at radius 2 is 2.17 bits per heavy atom. The smallest absolute Gasteiger partial charge is 0.187 e. The second-order valence-electron chi connectivity index (χ2n) is 3.75. The summed E-state index contributed by atoms with van der Waals surface area (Å²) in [7, 11) is 1.65. The molecule has 4 nitrogen and oxygen atoms in total. The number of ether oxygens (including phenoxy) is 1. The van der Waals surface area contributed by atoms with E-state index in [1.807, 2.05) is 31.2 Å². The molecule has 0 radical (unpaired) electrons. The van der Waals surface area contributed by atoms with Gasteiger partial charge in [-0.15, -0.1) is 0 Å². The lowest BCUT2D eigenvalue weighted by molar-refractivity contribution is 0.179. The molecule has 0 fully saturated rings. The van der Waals surface area contributed by atoms with Gasteiger partial charge in [-0.05, 0) is 36.8 Å². The van der Waals surface area contributed by atoms with Gasteiger partial charge in [0.15, 0.2) is 5.11 Å². The van der Waals surface area contributed by atoms with Crippen molar-refractivity contribution in [3.05, 3.63) is 34.3 Å². The fourth-order valence-corrected chi connectivity index (χ4v) is 1.78. The zero-order valence-electron chi connectivity index (χ0n) is 10.3. The number of hydrazone groups is 1. The van der Waals surface area contributed by atoms with Gasteiger partial charge >= 0.3 is 0 Å². The van der Waals surface area contributed by atoms with Gasteiger partial charge in [0.25, 0.3) is 0 Å². The number of rotatable bonds is 5. The highest BCUT2D eigenvalue weighted by Crippen LogP contribution is 2.08. The number of nitrogens with zero attached hydrogens (tertiary/aromatic N) is 1. The standard InChI is InChI=1S/C12H16BrN3OS/c1-9(8-17-2)15-12(18)16-14-7-10-3-5-11(13)6-4-10/h3-7,9H,8H2,1-2H3,(H2,15,16,18)/b14-7-/t9-/m1/s1. The number of benzene rings is 1. The molecular weight excluding hydrogens is 314 g/mol.